The van der Waals surface area contributed by atoms with E-state index in [1.807, 2.05) is 6.07 Å². The zero-order chi connectivity index (χ0) is 14.0. The molecule has 2 aromatic rings. The first-order valence-corrected chi connectivity index (χ1v) is 7.39. The smallest absolute Gasteiger partial charge is 0.146 e. The van der Waals surface area contributed by atoms with Crippen LogP contribution in [-0.2, 0) is 6.42 Å². The number of benzene rings is 1. The highest BCUT2D eigenvalue weighted by atomic mass is 127. The van der Waals surface area contributed by atoms with Gasteiger partial charge < -0.3 is 0 Å². The molecule has 2 rings (SSSR count). The number of aromatic nitrogens is 2. The standard InChI is InChI=1S/C14H13ClFIN2/c1-8(2)13-12(17)14(15)19-11(18-13)7-9-4-3-5-10(16)6-9/h3-6,8H,7H2,1-2H3. The lowest BCUT2D eigenvalue weighted by atomic mass is 10.1. The first-order chi connectivity index (χ1) is 8.97. The van der Waals surface area contributed by atoms with Crippen LogP contribution >= 0.6 is 34.2 Å². The van der Waals surface area contributed by atoms with Gasteiger partial charge in [-0.05, 0) is 46.2 Å². The van der Waals surface area contributed by atoms with Crippen LogP contribution in [0.3, 0.4) is 0 Å². The third-order valence-corrected chi connectivity index (χ3v) is 4.34. The maximum atomic E-state index is 13.2. The quantitative estimate of drug-likeness (QED) is 0.566. The summed E-state index contributed by atoms with van der Waals surface area (Å²) in [6.45, 7) is 4.12. The molecule has 0 fully saturated rings. The third-order valence-electron chi connectivity index (χ3n) is 2.68. The fourth-order valence-corrected chi connectivity index (χ4v) is 2.83. The highest BCUT2D eigenvalue weighted by molar-refractivity contribution is 14.1. The SMILES string of the molecule is CC(C)c1nc(Cc2cccc(F)c2)nc(Cl)c1I. The van der Waals surface area contributed by atoms with E-state index in [1.165, 1.54) is 12.1 Å². The molecule has 0 N–H and O–H groups in total. The number of hydrogen-bond donors (Lipinski definition) is 0. The molecule has 0 spiro atoms. The van der Waals surface area contributed by atoms with Crippen LogP contribution in [0.2, 0.25) is 5.15 Å². The monoisotopic (exact) mass is 390 g/mol. The lowest BCUT2D eigenvalue weighted by Crippen LogP contribution is -2.06. The summed E-state index contributed by atoms with van der Waals surface area (Å²) >= 11 is 8.28. The van der Waals surface area contributed by atoms with Gasteiger partial charge in [0.25, 0.3) is 0 Å². The number of nitrogens with zero attached hydrogens (tertiary/aromatic N) is 2. The molecule has 2 nitrogen and oxygen atoms in total. The number of rotatable bonds is 3. The fraction of sp³-hybridized carbons (Fsp3) is 0.286. The molecule has 0 aliphatic heterocycles. The summed E-state index contributed by atoms with van der Waals surface area (Å²) in [4.78, 5) is 8.80. The van der Waals surface area contributed by atoms with Crippen LogP contribution in [0, 0.1) is 9.39 Å². The zero-order valence-electron chi connectivity index (χ0n) is 10.6. The maximum absolute atomic E-state index is 13.2. The van der Waals surface area contributed by atoms with Gasteiger partial charge in [0.15, 0.2) is 0 Å². The highest BCUT2D eigenvalue weighted by Crippen LogP contribution is 2.25. The Balaban J connectivity index is 2.36. The van der Waals surface area contributed by atoms with Crippen molar-refractivity contribution in [3.05, 3.63) is 55.9 Å². The van der Waals surface area contributed by atoms with E-state index in [0.29, 0.717) is 17.4 Å². The van der Waals surface area contributed by atoms with Gasteiger partial charge in [-0.2, -0.15) is 0 Å². The second-order valence-corrected chi connectivity index (χ2v) is 6.03. The number of hydrogen-bond acceptors (Lipinski definition) is 2. The van der Waals surface area contributed by atoms with E-state index in [-0.39, 0.29) is 11.7 Å². The van der Waals surface area contributed by atoms with E-state index >= 15 is 0 Å². The van der Waals surface area contributed by atoms with Crippen LogP contribution < -0.4 is 0 Å². The first kappa shape index (κ1) is 14.7. The van der Waals surface area contributed by atoms with Gasteiger partial charge >= 0.3 is 0 Å². The molecule has 1 heterocycles. The predicted octanol–water partition coefficient (Wildman–Crippen LogP) is 4.59. The minimum Gasteiger partial charge on any atom is -0.236 e. The van der Waals surface area contributed by atoms with Crippen molar-refractivity contribution in [3.63, 3.8) is 0 Å². The summed E-state index contributed by atoms with van der Waals surface area (Å²) in [5.41, 5.74) is 1.78. The van der Waals surface area contributed by atoms with Gasteiger partial charge in [0.1, 0.15) is 16.8 Å². The van der Waals surface area contributed by atoms with Crippen LogP contribution in [0.1, 0.15) is 36.8 Å². The summed E-state index contributed by atoms with van der Waals surface area (Å²) in [5, 5.41) is 0.464. The van der Waals surface area contributed by atoms with Crippen LogP contribution in [0.5, 0.6) is 0 Å². The molecule has 0 aliphatic rings. The average Bonchev–Trinajstić information content (AvgIpc) is 2.33. The van der Waals surface area contributed by atoms with Gasteiger partial charge in [0, 0.05) is 6.42 Å². The summed E-state index contributed by atoms with van der Waals surface area (Å²) in [6, 6.07) is 6.45. The molecule has 5 heteroatoms. The second-order valence-electron chi connectivity index (χ2n) is 4.59. The van der Waals surface area contributed by atoms with Crippen molar-refractivity contribution in [3.8, 4) is 0 Å². The van der Waals surface area contributed by atoms with Crippen molar-refractivity contribution in [2.75, 3.05) is 0 Å². The molecule has 1 aromatic heterocycles. The van der Waals surface area contributed by atoms with Gasteiger partial charge in [0.2, 0.25) is 0 Å². The summed E-state index contributed by atoms with van der Waals surface area (Å²) < 4.78 is 14.0. The second kappa shape index (κ2) is 6.13. The van der Waals surface area contributed by atoms with Crippen molar-refractivity contribution >= 4 is 34.2 Å². The Morgan fingerprint density at radius 1 is 1.32 bits per heavy atom. The van der Waals surface area contributed by atoms with E-state index in [1.54, 1.807) is 6.07 Å². The lowest BCUT2D eigenvalue weighted by molar-refractivity contribution is 0.625. The normalized spacial score (nSPS) is 11.1. The topological polar surface area (TPSA) is 25.8 Å². The van der Waals surface area contributed by atoms with Crippen molar-refractivity contribution in [1.29, 1.82) is 0 Å². The van der Waals surface area contributed by atoms with E-state index < -0.39 is 0 Å². The molecule has 0 aliphatic carbocycles. The van der Waals surface area contributed by atoms with Crippen LogP contribution in [-0.4, -0.2) is 9.97 Å². The van der Waals surface area contributed by atoms with E-state index in [2.05, 4.69) is 46.4 Å². The minimum absolute atomic E-state index is 0.252. The highest BCUT2D eigenvalue weighted by Gasteiger charge is 2.13. The van der Waals surface area contributed by atoms with E-state index in [0.717, 1.165) is 14.8 Å². The van der Waals surface area contributed by atoms with Gasteiger partial charge in [-0.3, -0.25) is 0 Å². The molecule has 0 unspecified atom stereocenters. The predicted molar refractivity (Wildman–Crippen MR) is 83.1 cm³/mol. The minimum atomic E-state index is -0.252. The Labute approximate surface area is 130 Å². The molecular weight excluding hydrogens is 378 g/mol. The molecule has 0 bridgehead atoms. The Morgan fingerprint density at radius 3 is 2.68 bits per heavy atom. The lowest BCUT2D eigenvalue weighted by Gasteiger charge is -2.11. The van der Waals surface area contributed by atoms with Crippen molar-refractivity contribution in [2.45, 2.75) is 26.2 Å². The zero-order valence-corrected chi connectivity index (χ0v) is 13.5. The van der Waals surface area contributed by atoms with Gasteiger partial charge in [-0.25, -0.2) is 14.4 Å². The van der Waals surface area contributed by atoms with Crippen LogP contribution in [0.4, 0.5) is 4.39 Å². The Bertz CT molecular complexity index is 602. The summed E-state index contributed by atoms with van der Waals surface area (Å²) in [5.74, 6) is 0.650. The van der Waals surface area contributed by atoms with Gasteiger partial charge in [-0.15, -0.1) is 0 Å². The Hall–Kier alpha value is -0.750. The van der Waals surface area contributed by atoms with Crippen molar-refractivity contribution in [2.24, 2.45) is 0 Å². The van der Waals surface area contributed by atoms with E-state index in [4.69, 9.17) is 11.6 Å². The number of halogens is 3. The molecule has 0 amide bonds. The summed E-state index contributed by atoms with van der Waals surface area (Å²) in [7, 11) is 0. The molecule has 0 atom stereocenters. The first-order valence-electron chi connectivity index (χ1n) is 5.93. The van der Waals surface area contributed by atoms with Crippen LogP contribution in [0.25, 0.3) is 0 Å². The van der Waals surface area contributed by atoms with E-state index in [9.17, 15) is 4.39 Å². The molecular formula is C14H13ClFIN2. The average molecular weight is 391 g/mol. The van der Waals surface area contributed by atoms with Gasteiger partial charge in [0.05, 0.1) is 9.26 Å². The van der Waals surface area contributed by atoms with Gasteiger partial charge in [-0.1, -0.05) is 37.6 Å². The fourth-order valence-electron chi connectivity index (χ4n) is 1.77. The molecule has 0 saturated carbocycles. The maximum Gasteiger partial charge on any atom is 0.146 e. The summed E-state index contributed by atoms with van der Waals surface area (Å²) in [6.07, 6.45) is 0.480. The largest absolute Gasteiger partial charge is 0.236 e. The molecule has 0 saturated heterocycles. The van der Waals surface area contributed by atoms with Crippen LogP contribution in [0.15, 0.2) is 24.3 Å². The molecule has 1 aromatic carbocycles. The third kappa shape index (κ3) is 3.63. The van der Waals surface area contributed by atoms with Crippen molar-refractivity contribution in [1.82, 2.24) is 9.97 Å². The molecule has 100 valence electrons. The Morgan fingerprint density at radius 2 is 2.05 bits per heavy atom. The Kier molecular flexibility index (Phi) is 4.73. The molecule has 19 heavy (non-hydrogen) atoms. The molecule has 0 radical (unpaired) electrons. The van der Waals surface area contributed by atoms with Crippen molar-refractivity contribution < 1.29 is 4.39 Å².